The number of amides is 1. The molecule has 0 saturated heterocycles. The van der Waals surface area contributed by atoms with E-state index in [1.54, 1.807) is 0 Å². The summed E-state index contributed by atoms with van der Waals surface area (Å²) in [6, 6.07) is 2.44. The molecule has 2 bridgehead atoms. The third-order valence-electron chi connectivity index (χ3n) is 10.1. The number of aromatic nitrogens is 5. The highest BCUT2D eigenvalue weighted by Gasteiger charge is 2.46. The van der Waals surface area contributed by atoms with Crippen molar-refractivity contribution in [3.05, 3.63) is 34.9 Å². The Bertz CT molecular complexity index is 1440. The molecular formula is C30H41N7O2. The molecule has 4 heterocycles. The number of nitrogens with one attached hydrogen (secondary N) is 1. The van der Waals surface area contributed by atoms with Gasteiger partial charge in [-0.15, -0.1) is 0 Å². The van der Waals surface area contributed by atoms with Gasteiger partial charge in [-0.1, -0.05) is 6.42 Å². The molecule has 3 fully saturated rings. The van der Waals surface area contributed by atoms with E-state index in [-0.39, 0.29) is 23.2 Å². The maximum absolute atomic E-state index is 12.5. The van der Waals surface area contributed by atoms with Crippen LogP contribution in [0.5, 0.6) is 0 Å². The first-order valence-corrected chi connectivity index (χ1v) is 14.8. The number of anilines is 1. The van der Waals surface area contributed by atoms with Crippen LogP contribution in [0.2, 0.25) is 0 Å². The number of pyridine rings is 1. The molecule has 0 spiro atoms. The summed E-state index contributed by atoms with van der Waals surface area (Å²) in [4.78, 5) is 19.7. The van der Waals surface area contributed by atoms with E-state index >= 15 is 0 Å². The fourth-order valence-electron chi connectivity index (χ4n) is 7.66. The number of carbonyl (C=O) groups is 1. The maximum atomic E-state index is 12.5. The van der Waals surface area contributed by atoms with Crippen LogP contribution in [0, 0.1) is 25.2 Å². The predicted molar refractivity (Wildman–Crippen MR) is 150 cm³/mol. The lowest BCUT2D eigenvalue weighted by Gasteiger charge is -2.49. The molecule has 0 aromatic carbocycles. The molecule has 9 nitrogen and oxygen atoms in total. The Balaban J connectivity index is 1.07. The van der Waals surface area contributed by atoms with Gasteiger partial charge in [0.1, 0.15) is 5.60 Å². The third kappa shape index (κ3) is 4.47. The number of nitrogens with zero attached hydrogens (tertiary/aromatic N) is 6. The van der Waals surface area contributed by atoms with E-state index in [1.807, 2.05) is 24.9 Å². The fourth-order valence-corrected chi connectivity index (χ4v) is 7.66. The molecule has 0 radical (unpaired) electrons. The SMILES string of the molecule is Cc1cc(N2CCc3c(c(C)nn3CC34CCCC(C3)C(NC(=O)OC3(C)CC3)CC4)C2)c2cnn(C)c2n1. The molecule has 1 aliphatic heterocycles. The van der Waals surface area contributed by atoms with Crippen LogP contribution >= 0.6 is 0 Å². The number of fused-ring (bicyclic) bond motifs is 4. The van der Waals surface area contributed by atoms with Gasteiger partial charge in [-0.25, -0.2) is 9.78 Å². The number of hydrogen-bond donors (Lipinski definition) is 1. The lowest BCUT2D eigenvalue weighted by Crippen LogP contribution is -2.50. The van der Waals surface area contributed by atoms with Crippen molar-refractivity contribution in [2.75, 3.05) is 11.4 Å². The molecule has 39 heavy (non-hydrogen) atoms. The summed E-state index contributed by atoms with van der Waals surface area (Å²) in [5, 5.41) is 14.0. The quantitative estimate of drug-likeness (QED) is 0.500. The summed E-state index contributed by atoms with van der Waals surface area (Å²) in [7, 11) is 1.96. The first kappa shape index (κ1) is 24.9. The van der Waals surface area contributed by atoms with Crippen molar-refractivity contribution in [1.29, 1.82) is 0 Å². The standard InChI is InChI=1S/C30H41N7O2/c1-19-14-26(22-16-31-35(4)27(22)32-19)36-13-8-25-23(17-36)20(2)34-37(25)18-30-9-5-6-21(15-30)24(7-10-30)33-28(38)39-29(3)11-12-29/h14,16,21,24H,5-13,15,17-18H2,1-4H3,(H,33,38). The number of aryl methyl sites for hydroxylation is 3. The minimum atomic E-state index is -0.220. The summed E-state index contributed by atoms with van der Waals surface area (Å²) in [6.45, 7) is 9.10. The van der Waals surface area contributed by atoms with E-state index in [1.165, 1.54) is 42.6 Å². The molecular weight excluding hydrogens is 490 g/mol. The number of alkyl carbamates (subject to hydrolysis) is 1. The largest absolute Gasteiger partial charge is 0.443 e. The summed E-state index contributed by atoms with van der Waals surface area (Å²) in [5.41, 5.74) is 7.18. The monoisotopic (exact) mass is 531 g/mol. The van der Waals surface area contributed by atoms with Crippen LogP contribution in [0.15, 0.2) is 12.3 Å². The van der Waals surface area contributed by atoms with Crippen molar-refractivity contribution in [1.82, 2.24) is 29.9 Å². The normalized spacial score (nSPS) is 27.3. The molecule has 208 valence electrons. The Morgan fingerprint density at radius 3 is 2.87 bits per heavy atom. The smallest absolute Gasteiger partial charge is 0.407 e. The zero-order valence-corrected chi connectivity index (χ0v) is 23.8. The Hall–Kier alpha value is -3.10. The molecule has 3 aliphatic carbocycles. The lowest BCUT2D eigenvalue weighted by atomic mass is 9.60. The van der Waals surface area contributed by atoms with Gasteiger partial charge in [0.25, 0.3) is 0 Å². The second-order valence-electron chi connectivity index (χ2n) is 13.1. The van der Waals surface area contributed by atoms with Crippen LogP contribution in [0.25, 0.3) is 11.0 Å². The molecule has 1 N–H and O–H groups in total. The highest BCUT2D eigenvalue weighted by molar-refractivity contribution is 5.89. The number of carbonyl (C=O) groups excluding carboxylic acids is 1. The average molecular weight is 532 g/mol. The Labute approximate surface area is 230 Å². The zero-order valence-electron chi connectivity index (χ0n) is 23.8. The van der Waals surface area contributed by atoms with E-state index in [0.29, 0.717) is 5.92 Å². The zero-order chi connectivity index (χ0) is 26.9. The Morgan fingerprint density at radius 1 is 1.21 bits per heavy atom. The van der Waals surface area contributed by atoms with E-state index < -0.39 is 0 Å². The second-order valence-corrected chi connectivity index (χ2v) is 13.1. The molecule has 1 amide bonds. The molecule has 3 aromatic rings. The lowest BCUT2D eigenvalue weighted by molar-refractivity contribution is 0.0259. The second kappa shape index (κ2) is 8.96. The van der Waals surface area contributed by atoms with Crippen molar-refractivity contribution in [2.24, 2.45) is 18.4 Å². The number of rotatable bonds is 5. The van der Waals surface area contributed by atoms with Crippen molar-refractivity contribution in [2.45, 2.75) is 103 Å². The van der Waals surface area contributed by atoms with E-state index in [0.717, 1.165) is 74.2 Å². The summed E-state index contributed by atoms with van der Waals surface area (Å²) in [6.07, 6.45) is 11.7. The number of ether oxygens (including phenoxy) is 1. The minimum absolute atomic E-state index is 0.215. The highest BCUT2D eigenvalue weighted by Crippen LogP contribution is 2.50. The maximum Gasteiger partial charge on any atom is 0.407 e. The van der Waals surface area contributed by atoms with Crippen molar-refractivity contribution in [3.63, 3.8) is 0 Å². The first-order valence-electron chi connectivity index (χ1n) is 14.8. The summed E-state index contributed by atoms with van der Waals surface area (Å²) in [5.74, 6) is 0.534. The molecule has 7 rings (SSSR count). The molecule has 9 heteroatoms. The van der Waals surface area contributed by atoms with Gasteiger partial charge in [0.2, 0.25) is 0 Å². The van der Waals surface area contributed by atoms with Gasteiger partial charge in [0.15, 0.2) is 5.65 Å². The average Bonchev–Trinajstić information content (AvgIpc) is 3.40. The first-order chi connectivity index (χ1) is 18.7. The van der Waals surface area contributed by atoms with Crippen molar-refractivity contribution in [3.8, 4) is 0 Å². The Kier molecular flexibility index (Phi) is 5.72. The van der Waals surface area contributed by atoms with Crippen LogP contribution < -0.4 is 10.2 Å². The molecule has 3 unspecified atom stereocenters. The van der Waals surface area contributed by atoms with Gasteiger partial charge < -0.3 is 15.0 Å². The predicted octanol–water partition coefficient (Wildman–Crippen LogP) is 4.96. The molecule has 3 aromatic heterocycles. The van der Waals surface area contributed by atoms with Crippen LogP contribution in [-0.4, -0.2) is 48.8 Å². The van der Waals surface area contributed by atoms with Gasteiger partial charge in [-0.2, -0.15) is 10.2 Å². The van der Waals surface area contributed by atoms with Gasteiger partial charge in [0, 0.05) is 56.1 Å². The van der Waals surface area contributed by atoms with Crippen molar-refractivity contribution >= 4 is 22.8 Å². The topological polar surface area (TPSA) is 90.1 Å². The van der Waals surface area contributed by atoms with E-state index in [2.05, 4.69) is 39.9 Å². The van der Waals surface area contributed by atoms with Crippen LogP contribution in [0.3, 0.4) is 0 Å². The summed E-state index contributed by atoms with van der Waals surface area (Å²) >= 11 is 0. The van der Waals surface area contributed by atoms with Crippen LogP contribution in [-0.2, 0) is 31.3 Å². The van der Waals surface area contributed by atoms with Gasteiger partial charge in [0.05, 0.1) is 23.0 Å². The minimum Gasteiger partial charge on any atom is -0.443 e. The molecule has 3 saturated carbocycles. The molecule has 4 aliphatic rings. The summed E-state index contributed by atoms with van der Waals surface area (Å²) < 4.78 is 9.89. The van der Waals surface area contributed by atoms with Gasteiger partial charge in [-0.05, 0) is 83.1 Å². The van der Waals surface area contributed by atoms with Gasteiger partial charge in [-0.3, -0.25) is 9.36 Å². The Morgan fingerprint density at radius 2 is 2.05 bits per heavy atom. The van der Waals surface area contributed by atoms with E-state index in [4.69, 9.17) is 14.8 Å². The fraction of sp³-hybridized carbons (Fsp3) is 0.667. The van der Waals surface area contributed by atoms with Crippen LogP contribution in [0.4, 0.5) is 10.5 Å². The van der Waals surface area contributed by atoms with E-state index in [9.17, 15) is 4.79 Å². The highest BCUT2D eigenvalue weighted by atomic mass is 16.6. The number of hydrogen-bond acceptors (Lipinski definition) is 6. The third-order valence-corrected chi connectivity index (χ3v) is 10.1. The van der Waals surface area contributed by atoms with Crippen LogP contribution in [0.1, 0.15) is 80.9 Å². The van der Waals surface area contributed by atoms with Gasteiger partial charge >= 0.3 is 6.09 Å². The molecule has 3 atom stereocenters. The van der Waals surface area contributed by atoms with Crippen molar-refractivity contribution < 1.29 is 9.53 Å².